The number of hydrogen-bond acceptors (Lipinski definition) is 3. The summed E-state index contributed by atoms with van der Waals surface area (Å²) < 4.78 is 0. The molecule has 0 amide bonds. The lowest BCUT2D eigenvalue weighted by Crippen LogP contribution is -2.51. The molecule has 1 aromatic carbocycles. The average Bonchev–Trinajstić information content (AvgIpc) is 2.13. The monoisotopic (exact) mass is 212 g/mol. The third-order valence-electron chi connectivity index (χ3n) is 2.47. The van der Waals surface area contributed by atoms with Crippen molar-refractivity contribution >= 4 is 17.3 Å². The Labute approximate surface area is 88.1 Å². The number of anilines is 1. The molecule has 1 saturated heterocycles. The number of aliphatic hydroxyl groups excluding tert-OH is 1. The number of β-amino-alcohol motifs (C(OH)–C–C–N with tert-alkyl or cyclic N) is 1. The lowest BCUT2D eigenvalue weighted by Gasteiger charge is -2.39. The van der Waals surface area contributed by atoms with Crippen molar-refractivity contribution in [3.05, 3.63) is 28.8 Å². The zero-order valence-electron chi connectivity index (χ0n) is 7.78. The Morgan fingerprint density at radius 1 is 1.50 bits per heavy atom. The van der Waals surface area contributed by atoms with Gasteiger partial charge in [-0.1, -0.05) is 17.7 Å². The molecule has 3 nitrogen and oxygen atoms in total. The van der Waals surface area contributed by atoms with Crippen LogP contribution in [0.5, 0.6) is 0 Å². The number of rotatable bonds is 2. The van der Waals surface area contributed by atoms with Crippen LogP contribution in [0.1, 0.15) is 5.56 Å². The van der Waals surface area contributed by atoms with Crippen LogP contribution in [0.3, 0.4) is 0 Å². The highest BCUT2D eigenvalue weighted by atomic mass is 35.5. The molecule has 0 aliphatic carbocycles. The van der Waals surface area contributed by atoms with E-state index < -0.39 is 0 Å². The molecule has 0 saturated carbocycles. The van der Waals surface area contributed by atoms with Gasteiger partial charge in [0.15, 0.2) is 0 Å². The van der Waals surface area contributed by atoms with Crippen molar-refractivity contribution < 1.29 is 5.11 Å². The Morgan fingerprint density at radius 3 is 2.79 bits per heavy atom. The SMILES string of the molecule is NCc1ccc(Cl)cc1N1CC(O)C1. The molecule has 1 aliphatic rings. The maximum Gasteiger partial charge on any atom is 0.0889 e. The summed E-state index contributed by atoms with van der Waals surface area (Å²) in [5, 5.41) is 9.91. The molecule has 76 valence electrons. The van der Waals surface area contributed by atoms with E-state index in [1.54, 1.807) is 0 Å². The van der Waals surface area contributed by atoms with Gasteiger partial charge in [0.25, 0.3) is 0 Å². The minimum absolute atomic E-state index is 0.209. The van der Waals surface area contributed by atoms with Gasteiger partial charge < -0.3 is 15.7 Å². The van der Waals surface area contributed by atoms with Crippen molar-refractivity contribution in [2.45, 2.75) is 12.6 Å². The highest BCUT2D eigenvalue weighted by molar-refractivity contribution is 6.30. The number of nitrogens with zero attached hydrogens (tertiary/aromatic N) is 1. The van der Waals surface area contributed by atoms with Gasteiger partial charge in [0, 0.05) is 30.3 Å². The van der Waals surface area contributed by atoms with Crippen LogP contribution in [-0.4, -0.2) is 24.3 Å². The normalized spacial score (nSPS) is 16.9. The average molecular weight is 213 g/mol. The summed E-state index contributed by atoms with van der Waals surface area (Å²) in [6.45, 7) is 1.85. The Kier molecular flexibility index (Phi) is 2.63. The fraction of sp³-hybridized carbons (Fsp3) is 0.400. The molecule has 0 radical (unpaired) electrons. The number of aliphatic hydroxyl groups is 1. The van der Waals surface area contributed by atoms with Gasteiger partial charge in [-0.15, -0.1) is 0 Å². The molecule has 3 N–H and O–H groups in total. The second-order valence-electron chi connectivity index (χ2n) is 3.54. The van der Waals surface area contributed by atoms with E-state index in [4.69, 9.17) is 17.3 Å². The highest BCUT2D eigenvalue weighted by Gasteiger charge is 2.25. The molecule has 4 heteroatoms. The van der Waals surface area contributed by atoms with E-state index in [2.05, 4.69) is 4.90 Å². The second-order valence-corrected chi connectivity index (χ2v) is 3.97. The predicted molar refractivity (Wildman–Crippen MR) is 57.6 cm³/mol. The highest BCUT2D eigenvalue weighted by Crippen LogP contribution is 2.28. The maximum absolute atomic E-state index is 9.21. The van der Waals surface area contributed by atoms with Gasteiger partial charge >= 0.3 is 0 Å². The van der Waals surface area contributed by atoms with Crippen LogP contribution in [0.4, 0.5) is 5.69 Å². The van der Waals surface area contributed by atoms with Crippen LogP contribution < -0.4 is 10.6 Å². The molecular weight excluding hydrogens is 200 g/mol. The molecule has 14 heavy (non-hydrogen) atoms. The maximum atomic E-state index is 9.21. The van der Waals surface area contributed by atoms with Crippen molar-refractivity contribution in [2.75, 3.05) is 18.0 Å². The van der Waals surface area contributed by atoms with Gasteiger partial charge in [-0.05, 0) is 17.7 Å². The first kappa shape index (κ1) is 9.77. The lowest BCUT2D eigenvalue weighted by atomic mass is 10.1. The number of nitrogens with two attached hydrogens (primary N) is 1. The first-order chi connectivity index (χ1) is 6.70. The van der Waals surface area contributed by atoms with Crippen LogP contribution in [0.15, 0.2) is 18.2 Å². The third-order valence-corrected chi connectivity index (χ3v) is 2.71. The first-order valence-corrected chi connectivity index (χ1v) is 5.00. The van der Waals surface area contributed by atoms with E-state index in [1.165, 1.54) is 0 Å². The molecule has 1 heterocycles. The van der Waals surface area contributed by atoms with Gasteiger partial charge in [-0.25, -0.2) is 0 Å². The minimum atomic E-state index is -0.209. The topological polar surface area (TPSA) is 49.5 Å². The van der Waals surface area contributed by atoms with Gasteiger partial charge in [0.05, 0.1) is 6.10 Å². The Bertz CT molecular complexity index is 337. The van der Waals surface area contributed by atoms with E-state index in [0.717, 1.165) is 11.3 Å². The fourth-order valence-electron chi connectivity index (χ4n) is 1.66. The molecule has 0 aromatic heterocycles. The smallest absolute Gasteiger partial charge is 0.0889 e. The lowest BCUT2D eigenvalue weighted by molar-refractivity contribution is 0.142. The number of benzene rings is 1. The Balaban J connectivity index is 2.26. The summed E-state index contributed by atoms with van der Waals surface area (Å²) in [7, 11) is 0. The van der Waals surface area contributed by atoms with Gasteiger partial charge in [0.1, 0.15) is 0 Å². The summed E-state index contributed by atoms with van der Waals surface area (Å²) in [5.74, 6) is 0. The Hall–Kier alpha value is -0.770. The quantitative estimate of drug-likeness (QED) is 0.769. The molecule has 2 rings (SSSR count). The van der Waals surface area contributed by atoms with Crippen LogP contribution in [0.25, 0.3) is 0 Å². The Morgan fingerprint density at radius 2 is 2.21 bits per heavy atom. The van der Waals surface area contributed by atoms with Crippen LogP contribution >= 0.6 is 11.6 Å². The molecule has 1 aliphatic heterocycles. The molecule has 0 spiro atoms. The van der Waals surface area contributed by atoms with Crippen LogP contribution in [0.2, 0.25) is 5.02 Å². The largest absolute Gasteiger partial charge is 0.389 e. The van der Waals surface area contributed by atoms with E-state index in [9.17, 15) is 5.11 Å². The van der Waals surface area contributed by atoms with E-state index in [0.29, 0.717) is 24.7 Å². The van der Waals surface area contributed by atoms with E-state index in [1.807, 2.05) is 18.2 Å². The zero-order chi connectivity index (χ0) is 10.1. The van der Waals surface area contributed by atoms with Gasteiger partial charge in [-0.2, -0.15) is 0 Å². The van der Waals surface area contributed by atoms with Crippen LogP contribution in [-0.2, 0) is 6.54 Å². The second kappa shape index (κ2) is 3.77. The van der Waals surface area contributed by atoms with Gasteiger partial charge in [-0.3, -0.25) is 0 Å². The zero-order valence-corrected chi connectivity index (χ0v) is 8.54. The van der Waals surface area contributed by atoms with Crippen molar-refractivity contribution in [3.63, 3.8) is 0 Å². The van der Waals surface area contributed by atoms with Crippen molar-refractivity contribution in [1.29, 1.82) is 0 Å². The summed E-state index contributed by atoms with van der Waals surface area (Å²) in [6.07, 6.45) is -0.209. The fourth-order valence-corrected chi connectivity index (χ4v) is 1.82. The molecule has 1 fully saturated rings. The number of halogens is 1. The third kappa shape index (κ3) is 1.71. The van der Waals surface area contributed by atoms with Crippen molar-refractivity contribution in [3.8, 4) is 0 Å². The summed E-state index contributed by atoms with van der Waals surface area (Å²) in [5.41, 5.74) is 7.74. The number of hydrogen-bond donors (Lipinski definition) is 2. The molecular formula is C10H13ClN2O. The van der Waals surface area contributed by atoms with Gasteiger partial charge in [0.2, 0.25) is 0 Å². The molecule has 0 bridgehead atoms. The summed E-state index contributed by atoms with van der Waals surface area (Å²) in [4.78, 5) is 2.08. The van der Waals surface area contributed by atoms with Crippen LogP contribution in [0, 0.1) is 0 Å². The standard InChI is InChI=1S/C10H13ClN2O/c11-8-2-1-7(4-12)10(3-8)13-5-9(14)6-13/h1-3,9,14H,4-6,12H2. The van der Waals surface area contributed by atoms with Crippen molar-refractivity contribution in [1.82, 2.24) is 0 Å². The summed E-state index contributed by atoms with van der Waals surface area (Å²) in [6, 6.07) is 5.67. The van der Waals surface area contributed by atoms with E-state index in [-0.39, 0.29) is 6.10 Å². The molecule has 0 atom stereocenters. The van der Waals surface area contributed by atoms with Crippen molar-refractivity contribution in [2.24, 2.45) is 5.73 Å². The molecule has 1 aromatic rings. The minimum Gasteiger partial charge on any atom is -0.389 e. The predicted octanol–water partition coefficient (Wildman–Crippen LogP) is 0.980. The first-order valence-electron chi connectivity index (χ1n) is 4.62. The molecule has 0 unspecified atom stereocenters. The summed E-state index contributed by atoms with van der Waals surface area (Å²) >= 11 is 5.91. The van der Waals surface area contributed by atoms with E-state index >= 15 is 0 Å².